The van der Waals surface area contributed by atoms with Gasteiger partial charge in [-0.3, -0.25) is 0 Å². The monoisotopic (exact) mass is 135 g/mol. The lowest BCUT2D eigenvalue weighted by atomic mass is 9.94. The first kappa shape index (κ1) is 6.93. The number of nitrogens with one attached hydrogen (secondary N) is 1. The minimum absolute atomic E-state index is 0.0284. The smallest absolute Gasteiger partial charge is 0.253 e. The summed E-state index contributed by atoms with van der Waals surface area (Å²) in [5, 5.41) is 2.82. The van der Waals surface area contributed by atoms with E-state index in [1.165, 1.54) is 6.92 Å². The predicted molar refractivity (Wildman–Crippen MR) is 31.6 cm³/mol. The molecule has 1 fully saturated rings. The Morgan fingerprint density at radius 2 is 2.11 bits per heavy atom. The Kier molecular flexibility index (Phi) is 1.70. The fourth-order valence-electron chi connectivity index (χ4n) is 0.876. The maximum absolute atomic E-state index is 12.6. The highest BCUT2D eigenvalue weighted by molar-refractivity contribution is 4.86. The second-order valence-electron chi connectivity index (χ2n) is 2.47. The highest BCUT2D eigenvalue weighted by Gasteiger charge is 2.40. The molecule has 0 atom stereocenters. The fourth-order valence-corrected chi connectivity index (χ4v) is 0.876. The van der Waals surface area contributed by atoms with Crippen LogP contribution in [0.5, 0.6) is 0 Å². The lowest BCUT2D eigenvalue weighted by molar-refractivity contribution is -0.0789. The highest BCUT2D eigenvalue weighted by Crippen LogP contribution is 2.30. The predicted octanol–water partition coefficient (Wildman–Crippen LogP) is 1.25. The minimum atomic E-state index is -2.43. The van der Waals surface area contributed by atoms with Crippen molar-refractivity contribution in [3.8, 4) is 0 Å². The number of hydrogen-bond donors (Lipinski definition) is 1. The minimum Gasteiger partial charge on any atom is -0.316 e. The molecule has 1 heterocycles. The summed E-state index contributed by atoms with van der Waals surface area (Å²) < 4.78 is 25.1. The standard InChI is InChI=1S/C6H11F2N/c1-2-6(7,8)5-3-9-4-5/h5,9H,2-4H2,1H3. The molecule has 0 aromatic rings. The third kappa shape index (κ3) is 1.21. The van der Waals surface area contributed by atoms with Gasteiger partial charge in [-0.15, -0.1) is 0 Å². The molecular weight excluding hydrogens is 124 g/mol. The zero-order valence-corrected chi connectivity index (χ0v) is 5.45. The maximum Gasteiger partial charge on any atom is 0.253 e. The molecule has 1 N–H and O–H groups in total. The Bertz CT molecular complexity index is 99.2. The van der Waals surface area contributed by atoms with Gasteiger partial charge in [0.1, 0.15) is 0 Å². The van der Waals surface area contributed by atoms with E-state index in [4.69, 9.17) is 0 Å². The molecule has 0 bridgehead atoms. The highest BCUT2D eigenvalue weighted by atomic mass is 19.3. The summed E-state index contributed by atoms with van der Waals surface area (Å²) >= 11 is 0. The molecule has 1 rings (SSSR count). The van der Waals surface area contributed by atoms with Gasteiger partial charge in [0.15, 0.2) is 0 Å². The second kappa shape index (κ2) is 2.21. The van der Waals surface area contributed by atoms with Gasteiger partial charge in [0.05, 0.1) is 0 Å². The van der Waals surface area contributed by atoms with Crippen LogP contribution in [0.3, 0.4) is 0 Å². The summed E-state index contributed by atoms with van der Waals surface area (Å²) in [7, 11) is 0. The topological polar surface area (TPSA) is 12.0 Å². The SMILES string of the molecule is CCC(F)(F)C1CNC1. The molecule has 0 amide bonds. The molecule has 0 spiro atoms. The van der Waals surface area contributed by atoms with Crippen molar-refractivity contribution >= 4 is 0 Å². The molecule has 0 aromatic heterocycles. The zero-order valence-electron chi connectivity index (χ0n) is 5.45. The van der Waals surface area contributed by atoms with Crippen molar-refractivity contribution in [2.75, 3.05) is 13.1 Å². The molecule has 0 saturated carbocycles. The van der Waals surface area contributed by atoms with Crippen LogP contribution in [0.4, 0.5) is 8.78 Å². The van der Waals surface area contributed by atoms with Crippen LogP contribution >= 0.6 is 0 Å². The first-order valence-electron chi connectivity index (χ1n) is 3.25. The lowest BCUT2D eigenvalue weighted by Gasteiger charge is -2.33. The fraction of sp³-hybridized carbons (Fsp3) is 1.00. The van der Waals surface area contributed by atoms with Gasteiger partial charge in [0, 0.05) is 25.4 Å². The van der Waals surface area contributed by atoms with Gasteiger partial charge in [0.2, 0.25) is 0 Å². The molecule has 3 heteroatoms. The summed E-state index contributed by atoms with van der Waals surface area (Å²) in [6.45, 7) is 2.50. The summed E-state index contributed by atoms with van der Waals surface area (Å²) in [5.74, 6) is -2.83. The molecule has 1 aliphatic rings. The Hall–Kier alpha value is -0.180. The van der Waals surface area contributed by atoms with Gasteiger partial charge in [-0.2, -0.15) is 0 Å². The molecule has 1 nitrogen and oxygen atoms in total. The molecule has 0 aromatic carbocycles. The van der Waals surface area contributed by atoms with E-state index < -0.39 is 11.8 Å². The summed E-state index contributed by atoms with van der Waals surface area (Å²) in [4.78, 5) is 0. The summed E-state index contributed by atoms with van der Waals surface area (Å²) in [6.07, 6.45) is -0.0284. The average molecular weight is 135 g/mol. The van der Waals surface area contributed by atoms with Crippen LogP contribution in [-0.2, 0) is 0 Å². The normalized spacial score (nSPS) is 21.7. The quantitative estimate of drug-likeness (QED) is 0.601. The van der Waals surface area contributed by atoms with Crippen molar-refractivity contribution in [1.82, 2.24) is 5.32 Å². The molecule has 0 aliphatic carbocycles. The number of halogens is 2. The van der Waals surface area contributed by atoms with Gasteiger partial charge in [-0.1, -0.05) is 6.92 Å². The number of rotatable bonds is 2. The average Bonchev–Trinajstić information content (AvgIpc) is 1.60. The molecule has 1 aliphatic heterocycles. The molecule has 0 radical (unpaired) electrons. The third-order valence-electron chi connectivity index (χ3n) is 1.85. The van der Waals surface area contributed by atoms with Crippen LogP contribution in [0.2, 0.25) is 0 Å². The molecule has 54 valence electrons. The van der Waals surface area contributed by atoms with E-state index >= 15 is 0 Å². The number of alkyl halides is 2. The van der Waals surface area contributed by atoms with Crippen molar-refractivity contribution in [2.45, 2.75) is 19.3 Å². The Morgan fingerprint density at radius 1 is 1.56 bits per heavy atom. The maximum atomic E-state index is 12.6. The van der Waals surface area contributed by atoms with Crippen LogP contribution in [0.25, 0.3) is 0 Å². The number of hydrogen-bond acceptors (Lipinski definition) is 1. The van der Waals surface area contributed by atoms with Gasteiger partial charge < -0.3 is 5.32 Å². The molecular formula is C6H11F2N. The molecule has 9 heavy (non-hydrogen) atoms. The van der Waals surface area contributed by atoms with E-state index in [1.54, 1.807) is 0 Å². The van der Waals surface area contributed by atoms with Crippen molar-refractivity contribution < 1.29 is 8.78 Å². The van der Waals surface area contributed by atoms with E-state index in [9.17, 15) is 8.78 Å². The first-order chi connectivity index (χ1) is 4.17. The van der Waals surface area contributed by atoms with E-state index in [0.29, 0.717) is 13.1 Å². The first-order valence-corrected chi connectivity index (χ1v) is 3.25. The van der Waals surface area contributed by atoms with Crippen LogP contribution in [0, 0.1) is 5.92 Å². The van der Waals surface area contributed by atoms with Crippen LogP contribution < -0.4 is 5.32 Å². The largest absolute Gasteiger partial charge is 0.316 e. The van der Waals surface area contributed by atoms with Crippen molar-refractivity contribution in [2.24, 2.45) is 5.92 Å². The van der Waals surface area contributed by atoms with Gasteiger partial charge in [-0.25, -0.2) is 8.78 Å². The van der Waals surface area contributed by atoms with E-state index in [0.717, 1.165) is 0 Å². The molecule has 0 unspecified atom stereocenters. The zero-order chi connectivity index (χ0) is 6.91. The Labute approximate surface area is 53.4 Å². The van der Waals surface area contributed by atoms with Crippen molar-refractivity contribution in [3.05, 3.63) is 0 Å². The van der Waals surface area contributed by atoms with Crippen molar-refractivity contribution in [1.29, 1.82) is 0 Å². The van der Waals surface area contributed by atoms with E-state index in [-0.39, 0.29) is 6.42 Å². The van der Waals surface area contributed by atoms with Gasteiger partial charge in [-0.05, 0) is 0 Å². The van der Waals surface area contributed by atoms with E-state index in [1.807, 2.05) is 0 Å². The van der Waals surface area contributed by atoms with Crippen molar-refractivity contribution in [3.63, 3.8) is 0 Å². The van der Waals surface area contributed by atoms with Crippen LogP contribution in [0.1, 0.15) is 13.3 Å². The van der Waals surface area contributed by atoms with Gasteiger partial charge >= 0.3 is 0 Å². The van der Waals surface area contributed by atoms with Crippen LogP contribution in [-0.4, -0.2) is 19.0 Å². The lowest BCUT2D eigenvalue weighted by Crippen LogP contribution is -2.51. The molecule has 1 saturated heterocycles. The second-order valence-corrected chi connectivity index (χ2v) is 2.47. The summed E-state index contributed by atoms with van der Waals surface area (Å²) in [5.41, 5.74) is 0. The Morgan fingerprint density at radius 3 is 2.22 bits per heavy atom. The Balaban J connectivity index is 2.37. The van der Waals surface area contributed by atoms with Gasteiger partial charge in [0.25, 0.3) is 5.92 Å². The van der Waals surface area contributed by atoms with Crippen LogP contribution in [0.15, 0.2) is 0 Å². The third-order valence-corrected chi connectivity index (χ3v) is 1.85. The summed E-state index contributed by atoms with van der Waals surface area (Å²) in [6, 6.07) is 0. The van der Waals surface area contributed by atoms with E-state index in [2.05, 4.69) is 5.32 Å².